The number of rotatable bonds is 6. The van der Waals surface area contributed by atoms with Crippen molar-refractivity contribution in [2.75, 3.05) is 25.5 Å². The van der Waals surface area contributed by atoms with E-state index in [1.54, 1.807) is 25.5 Å². The molecule has 0 radical (unpaired) electrons. The van der Waals surface area contributed by atoms with E-state index in [4.69, 9.17) is 16.3 Å². The molecule has 3 aromatic rings. The maximum Gasteiger partial charge on any atom is 0.410 e. The first-order valence-corrected chi connectivity index (χ1v) is 9.90. The van der Waals surface area contributed by atoms with Crippen molar-refractivity contribution in [3.63, 3.8) is 0 Å². The number of carbonyl (C=O) groups is 2. The molecule has 150 valence electrons. The Hall–Kier alpha value is -2.97. The molecule has 0 fully saturated rings. The lowest BCUT2D eigenvalue weighted by atomic mass is 10.2. The predicted molar refractivity (Wildman–Crippen MR) is 113 cm³/mol. The smallest absolute Gasteiger partial charge is 0.410 e. The summed E-state index contributed by atoms with van der Waals surface area (Å²) < 4.78 is 5.24. The van der Waals surface area contributed by atoms with Gasteiger partial charge in [0.05, 0.1) is 0 Å². The van der Waals surface area contributed by atoms with E-state index in [9.17, 15) is 9.59 Å². The van der Waals surface area contributed by atoms with Crippen LogP contribution in [-0.4, -0.2) is 47.5 Å². The van der Waals surface area contributed by atoms with Crippen LogP contribution in [0.1, 0.15) is 5.56 Å². The molecule has 0 saturated heterocycles. The molecule has 0 spiro atoms. The average molecular weight is 431 g/mol. The molecule has 0 bridgehead atoms. The van der Waals surface area contributed by atoms with Crippen molar-refractivity contribution in [2.24, 2.45) is 0 Å². The number of carbonyl (C=O) groups excluding carboxylic acids is 2. The Morgan fingerprint density at radius 1 is 1.14 bits per heavy atom. The number of hydrogen-bond donors (Lipinski definition) is 0. The van der Waals surface area contributed by atoms with Crippen LogP contribution in [0.3, 0.4) is 0 Å². The number of likely N-dealkylation sites (N-methyl/N-ethyl adjacent to an activating group) is 2. The van der Waals surface area contributed by atoms with Crippen molar-refractivity contribution < 1.29 is 14.3 Å². The number of anilines is 1. The zero-order valence-corrected chi connectivity index (χ0v) is 17.5. The minimum absolute atomic E-state index is 0.142. The third kappa shape index (κ3) is 5.30. The summed E-state index contributed by atoms with van der Waals surface area (Å²) >= 11 is 7.51. The number of ether oxygens (including phenoxy) is 1. The van der Waals surface area contributed by atoms with Crippen molar-refractivity contribution >= 4 is 39.9 Å². The summed E-state index contributed by atoms with van der Waals surface area (Å²) in [5.74, 6) is -0.313. The van der Waals surface area contributed by atoms with Gasteiger partial charge in [-0.3, -0.25) is 9.78 Å². The molecule has 0 unspecified atom stereocenters. The normalized spacial score (nSPS) is 10.4. The lowest BCUT2D eigenvalue weighted by molar-refractivity contribution is -0.119. The Morgan fingerprint density at radius 3 is 2.59 bits per heavy atom. The molecule has 2 heterocycles. The minimum atomic E-state index is -0.581. The zero-order chi connectivity index (χ0) is 20.8. The van der Waals surface area contributed by atoms with Crippen molar-refractivity contribution in [2.45, 2.75) is 6.61 Å². The minimum Gasteiger partial charge on any atom is -0.445 e. The molecule has 0 N–H and O–H groups in total. The summed E-state index contributed by atoms with van der Waals surface area (Å²) in [5.41, 5.74) is 1.69. The Kier molecular flexibility index (Phi) is 6.79. The fourth-order valence-corrected chi connectivity index (χ4v) is 3.73. The maximum absolute atomic E-state index is 12.6. The summed E-state index contributed by atoms with van der Waals surface area (Å²) in [6.07, 6.45) is 2.77. The lowest BCUT2D eigenvalue weighted by Gasteiger charge is -2.20. The molecule has 1 aromatic carbocycles. The first kappa shape index (κ1) is 20.8. The van der Waals surface area contributed by atoms with Crippen LogP contribution in [-0.2, 0) is 16.1 Å². The molecule has 0 atom stereocenters. The molecule has 29 heavy (non-hydrogen) atoms. The monoisotopic (exact) mass is 430 g/mol. The van der Waals surface area contributed by atoms with E-state index >= 15 is 0 Å². The third-order valence-electron chi connectivity index (χ3n) is 4.05. The van der Waals surface area contributed by atoms with Gasteiger partial charge >= 0.3 is 6.09 Å². The summed E-state index contributed by atoms with van der Waals surface area (Å²) in [5, 5.41) is 1.38. The SMILES string of the molecule is CN(CC(=O)N(C)c1sc(-c2cccnc2)nc1Cl)C(=O)OCc1ccccc1. The number of hydrogen-bond acceptors (Lipinski definition) is 6. The van der Waals surface area contributed by atoms with Crippen molar-refractivity contribution in [3.8, 4) is 10.6 Å². The highest BCUT2D eigenvalue weighted by molar-refractivity contribution is 7.19. The van der Waals surface area contributed by atoms with E-state index in [0.29, 0.717) is 10.0 Å². The van der Waals surface area contributed by atoms with E-state index in [-0.39, 0.29) is 24.2 Å². The van der Waals surface area contributed by atoms with Gasteiger partial charge in [-0.1, -0.05) is 53.3 Å². The van der Waals surface area contributed by atoms with Gasteiger partial charge in [0, 0.05) is 32.1 Å². The number of thiazole rings is 1. The molecule has 9 heteroatoms. The fraction of sp³-hybridized carbons (Fsp3) is 0.200. The van der Waals surface area contributed by atoms with Crippen LogP contribution < -0.4 is 4.90 Å². The van der Waals surface area contributed by atoms with Gasteiger partial charge in [0.2, 0.25) is 5.91 Å². The Bertz CT molecular complexity index is 982. The number of halogens is 1. The number of pyridine rings is 1. The van der Waals surface area contributed by atoms with E-state index in [0.717, 1.165) is 11.1 Å². The first-order chi connectivity index (χ1) is 14.0. The van der Waals surface area contributed by atoms with Gasteiger partial charge in [0.15, 0.2) is 5.15 Å². The predicted octanol–water partition coefficient (Wildman–Crippen LogP) is 4.09. The second-order valence-corrected chi connectivity index (χ2v) is 7.54. The highest BCUT2D eigenvalue weighted by Gasteiger charge is 2.22. The highest BCUT2D eigenvalue weighted by atomic mass is 35.5. The number of benzene rings is 1. The highest BCUT2D eigenvalue weighted by Crippen LogP contribution is 2.36. The summed E-state index contributed by atoms with van der Waals surface area (Å²) in [6.45, 7) is -0.0102. The van der Waals surface area contributed by atoms with Gasteiger partial charge in [0.25, 0.3) is 0 Å². The average Bonchev–Trinajstić information content (AvgIpc) is 3.14. The largest absolute Gasteiger partial charge is 0.445 e. The van der Waals surface area contributed by atoms with Gasteiger partial charge in [-0.15, -0.1) is 0 Å². The standard InChI is InChI=1S/C20H19ClN4O3S/c1-24(20(27)28-13-14-7-4-3-5-8-14)12-16(26)25(2)19-17(21)23-18(29-19)15-9-6-10-22-11-15/h3-11H,12-13H2,1-2H3. The third-order valence-corrected chi connectivity index (χ3v) is 5.60. The van der Waals surface area contributed by atoms with E-state index in [1.165, 1.54) is 28.2 Å². The zero-order valence-electron chi connectivity index (χ0n) is 15.9. The molecule has 0 aliphatic carbocycles. The Balaban J connectivity index is 1.60. The van der Waals surface area contributed by atoms with Gasteiger partial charge in [-0.05, 0) is 17.7 Å². The summed E-state index contributed by atoms with van der Waals surface area (Å²) in [6, 6.07) is 13.0. The van der Waals surface area contributed by atoms with Crippen molar-refractivity contribution in [3.05, 3.63) is 65.6 Å². The fourth-order valence-electron chi connectivity index (χ4n) is 2.43. The van der Waals surface area contributed by atoms with Crippen LogP contribution in [0.25, 0.3) is 10.6 Å². The topological polar surface area (TPSA) is 75.6 Å². The van der Waals surface area contributed by atoms with Crippen LogP contribution in [0, 0.1) is 0 Å². The summed E-state index contributed by atoms with van der Waals surface area (Å²) in [4.78, 5) is 35.8. The first-order valence-electron chi connectivity index (χ1n) is 8.71. The molecule has 7 nitrogen and oxygen atoms in total. The lowest BCUT2D eigenvalue weighted by Crippen LogP contribution is -2.39. The van der Waals surface area contributed by atoms with Crippen LogP contribution in [0.4, 0.5) is 9.80 Å². The van der Waals surface area contributed by atoms with Crippen molar-refractivity contribution in [1.29, 1.82) is 0 Å². The van der Waals surface area contributed by atoms with E-state index in [2.05, 4.69) is 9.97 Å². The molecule has 0 aliphatic rings. The van der Waals surface area contributed by atoms with Gasteiger partial charge < -0.3 is 14.5 Å². The summed E-state index contributed by atoms with van der Waals surface area (Å²) in [7, 11) is 3.10. The quantitative estimate of drug-likeness (QED) is 0.588. The van der Waals surface area contributed by atoms with Crippen LogP contribution >= 0.6 is 22.9 Å². The second kappa shape index (κ2) is 9.49. The molecule has 2 aromatic heterocycles. The van der Waals surface area contributed by atoms with Crippen LogP contribution in [0.5, 0.6) is 0 Å². The van der Waals surface area contributed by atoms with Crippen LogP contribution in [0.15, 0.2) is 54.9 Å². The van der Waals surface area contributed by atoms with E-state index in [1.807, 2.05) is 36.4 Å². The molecular weight excluding hydrogens is 412 g/mol. The second-order valence-electron chi connectivity index (χ2n) is 6.21. The molecule has 2 amide bonds. The molecule has 3 rings (SSSR count). The molecular formula is C20H19ClN4O3S. The number of aromatic nitrogens is 2. The number of nitrogens with zero attached hydrogens (tertiary/aromatic N) is 4. The van der Waals surface area contributed by atoms with Crippen LogP contribution in [0.2, 0.25) is 5.15 Å². The van der Waals surface area contributed by atoms with Gasteiger partial charge in [-0.25, -0.2) is 9.78 Å². The Morgan fingerprint density at radius 2 is 1.90 bits per heavy atom. The van der Waals surface area contributed by atoms with Crippen molar-refractivity contribution in [1.82, 2.24) is 14.9 Å². The molecule has 0 aliphatic heterocycles. The van der Waals surface area contributed by atoms with E-state index < -0.39 is 6.09 Å². The number of amides is 2. The maximum atomic E-state index is 12.6. The van der Waals surface area contributed by atoms with Gasteiger partial charge in [-0.2, -0.15) is 0 Å². The Labute approximate surface area is 177 Å². The van der Waals surface area contributed by atoms with Gasteiger partial charge in [0.1, 0.15) is 23.2 Å². The molecule has 0 saturated carbocycles.